The number of hydrogen-bond donors (Lipinski definition) is 1. The summed E-state index contributed by atoms with van der Waals surface area (Å²) in [7, 11) is 0. The molecule has 0 radical (unpaired) electrons. The van der Waals surface area contributed by atoms with Crippen molar-refractivity contribution in [2.75, 3.05) is 11.4 Å². The van der Waals surface area contributed by atoms with Crippen LogP contribution in [0.5, 0.6) is 0 Å². The minimum atomic E-state index is -0.509. The SMILES string of the molecule is CCCCCCCN1C(=O)/C(=C2\SC(=S)N(NC(=O)c3cccnc3)C2=O)c2ccccc21. The molecule has 1 N–H and O–H groups in total. The highest BCUT2D eigenvalue weighted by Gasteiger charge is 2.42. The van der Waals surface area contributed by atoms with Gasteiger partial charge in [0.1, 0.15) is 0 Å². The van der Waals surface area contributed by atoms with Crippen LogP contribution in [-0.4, -0.2) is 38.6 Å². The third-order valence-corrected chi connectivity index (χ3v) is 6.91. The van der Waals surface area contributed by atoms with E-state index in [-0.39, 0.29) is 15.1 Å². The number of thiocarbonyl (C=S) groups is 1. The van der Waals surface area contributed by atoms with Gasteiger partial charge in [-0.25, -0.2) is 0 Å². The van der Waals surface area contributed by atoms with Crippen LogP contribution in [0.25, 0.3) is 5.57 Å². The van der Waals surface area contributed by atoms with Crippen molar-refractivity contribution in [3.05, 3.63) is 64.8 Å². The van der Waals surface area contributed by atoms with E-state index in [1.165, 1.54) is 12.6 Å². The first kappa shape index (κ1) is 23.1. The van der Waals surface area contributed by atoms with Crippen molar-refractivity contribution in [2.45, 2.75) is 39.0 Å². The zero-order valence-electron chi connectivity index (χ0n) is 18.2. The van der Waals surface area contributed by atoms with E-state index in [0.717, 1.165) is 53.7 Å². The Morgan fingerprint density at radius 3 is 2.61 bits per heavy atom. The Morgan fingerprint density at radius 1 is 1.06 bits per heavy atom. The lowest BCUT2D eigenvalue weighted by molar-refractivity contribution is -0.124. The van der Waals surface area contributed by atoms with Crippen molar-refractivity contribution in [3.63, 3.8) is 0 Å². The summed E-state index contributed by atoms with van der Waals surface area (Å²) in [5.74, 6) is -1.21. The Kier molecular flexibility index (Phi) is 7.20. The van der Waals surface area contributed by atoms with E-state index in [0.29, 0.717) is 17.7 Å². The number of carbonyl (C=O) groups is 3. The van der Waals surface area contributed by atoms with Crippen molar-refractivity contribution in [3.8, 4) is 0 Å². The number of thioether (sulfide) groups is 1. The van der Waals surface area contributed by atoms with E-state index >= 15 is 0 Å². The fourth-order valence-corrected chi connectivity index (χ4v) is 5.12. The van der Waals surface area contributed by atoms with Gasteiger partial charge in [0.15, 0.2) is 4.32 Å². The molecule has 4 rings (SSSR count). The van der Waals surface area contributed by atoms with E-state index in [1.54, 1.807) is 23.2 Å². The number of unbranched alkanes of at least 4 members (excludes halogenated alkanes) is 4. The summed E-state index contributed by atoms with van der Waals surface area (Å²) in [5, 5.41) is 1.03. The van der Waals surface area contributed by atoms with E-state index in [2.05, 4.69) is 17.3 Å². The monoisotopic (exact) mass is 480 g/mol. The van der Waals surface area contributed by atoms with Crippen molar-refractivity contribution in [2.24, 2.45) is 0 Å². The second-order valence-corrected chi connectivity index (χ2v) is 9.43. The third-order valence-electron chi connectivity index (χ3n) is 5.54. The van der Waals surface area contributed by atoms with Gasteiger partial charge in [-0.2, -0.15) is 5.01 Å². The number of nitrogens with one attached hydrogen (secondary N) is 1. The zero-order chi connectivity index (χ0) is 23.4. The molecule has 2 aromatic rings. The van der Waals surface area contributed by atoms with Gasteiger partial charge < -0.3 is 4.90 Å². The number of hydrogen-bond acceptors (Lipinski definition) is 6. The van der Waals surface area contributed by atoms with Crippen LogP contribution in [0.3, 0.4) is 0 Å². The standard InChI is InChI=1S/C24H24N4O3S2/c1-2-3-4-5-8-14-27-18-12-7-6-11-17(18)19(22(27)30)20-23(31)28(24(32)33-20)26-21(29)16-10-9-13-25-15-16/h6-7,9-13,15H,2-5,8,14H2,1H3,(H,26,29)/b20-19-. The highest BCUT2D eigenvalue weighted by atomic mass is 32.2. The number of anilines is 1. The largest absolute Gasteiger partial charge is 0.308 e. The summed E-state index contributed by atoms with van der Waals surface area (Å²) < 4.78 is 0.169. The van der Waals surface area contributed by atoms with Gasteiger partial charge in [-0.15, -0.1) is 0 Å². The van der Waals surface area contributed by atoms with Crippen molar-refractivity contribution in [1.29, 1.82) is 0 Å². The number of fused-ring (bicyclic) bond motifs is 1. The first-order valence-corrected chi connectivity index (χ1v) is 12.2. The minimum absolute atomic E-state index is 0.169. The summed E-state index contributed by atoms with van der Waals surface area (Å²) in [6.45, 7) is 2.77. The van der Waals surface area contributed by atoms with E-state index < -0.39 is 11.8 Å². The maximum Gasteiger partial charge on any atom is 0.286 e. The number of rotatable bonds is 8. The van der Waals surface area contributed by atoms with E-state index in [9.17, 15) is 14.4 Å². The summed E-state index contributed by atoms with van der Waals surface area (Å²) in [5.41, 5.74) is 4.70. The number of aromatic nitrogens is 1. The molecular formula is C24H24N4O3S2. The third kappa shape index (κ3) is 4.69. The van der Waals surface area contributed by atoms with Gasteiger partial charge in [0.25, 0.3) is 17.7 Å². The molecule has 1 fully saturated rings. The summed E-state index contributed by atoms with van der Waals surface area (Å²) in [6.07, 6.45) is 8.40. The Morgan fingerprint density at radius 2 is 1.85 bits per heavy atom. The van der Waals surface area contributed by atoms with Crippen LogP contribution in [0.15, 0.2) is 53.7 Å². The number of hydrazine groups is 1. The number of carbonyl (C=O) groups excluding carboxylic acids is 3. The molecule has 1 aromatic heterocycles. The van der Waals surface area contributed by atoms with Gasteiger partial charge >= 0.3 is 0 Å². The molecule has 7 nitrogen and oxygen atoms in total. The highest BCUT2D eigenvalue weighted by molar-refractivity contribution is 8.26. The predicted octanol–water partition coefficient (Wildman–Crippen LogP) is 4.32. The van der Waals surface area contributed by atoms with Crippen molar-refractivity contribution < 1.29 is 14.4 Å². The molecule has 0 saturated carbocycles. The van der Waals surface area contributed by atoms with Crippen LogP contribution in [0.4, 0.5) is 5.69 Å². The van der Waals surface area contributed by atoms with Gasteiger partial charge in [-0.05, 0) is 36.8 Å². The van der Waals surface area contributed by atoms with Crippen LogP contribution < -0.4 is 10.3 Å². The van der Waals surface area contributed by atoms with Gasteiger partial charge in [0, 0.05) is 24.5 Å². The first-order chi connectivity index (χ1) is 16.0. The first-order valence-electron chi connectivity index (χ1n) is 11.0. The minimum Gasteiger partial charge on any atom is -0.308 e. The van der Waals surface area contributed by atoms with Crippen LogP contribution in [0.1, 0.15) is 54.9 Å². The number of benzene rings is 1. The number of amides is 3. The fourth-order valence-electron chi connectivity index (χ4n) is 3.87. The van der Waals surface area contributed by atoms with Crippen LogP contribution in [-0.2, 0) is 9.59 Å². The normalized spacial score (nSPS) is 17.7. The molecule has 0 aliphatic carbocycles. The maximum atomic E-state index is 13.4. The topological polar surface area (TPSA) is 82.6 Å². The molecule has 2 aliphatic heterocycles. The quantitative estimate of drug-likeness (QED) is 0.344. The molecule has 0 unspecified atom stereocenters. The molecule has 0 atom stereocenters. The molecule has 3 amide bonds. The molecule has 3 heterocycles. The number of nitrogens with zero attached hydrogens (tertiary/aromatic N) is 3. The summed E-state index contributed by atoms with van der Waals surface area (Å²) in [6, 6.07) is 10.7. The lowest BCUT2D eigenvalue weighted by Crippen LogP contribution is -2.45. The van der Waals surface area contributed by atoms with Gasteiger partial charge in [0.05, 0.1) is 21.7 Å². The predicted molar refractivity (Wildman–Crippen MR) is 133 cm³/mol. The Bertz CT molecular complexity index is 1130. The van der Waals surface area contributed by atoms with Crippen molar-refractivity contribution in [1.82, 2.24) is 15.4 Å². The molecule has 9 heteroatoms. The summed E-state index contributed by atoms with van der Waals surface area (Å²) in [4.78, 5) is 45.1. The van der Waals surface area contributed by atoms with E-state index in [1.807, 2.05) is 24.3 Å². The van der Waals surface area contributed by atoms with Gasteiger partial charge in [0.2, 0.25) is 0 Å². The molecule has 33 heavy (non-hydrogen) atoms. The van der Waals surface area contributed by atoms with Crippen molar-refractivity contribution >= 4 is 57.3 Å². The number of para-hydroxylation sites is 1. The maximum absolute atomic E-state index is 13.4. The Balaban J connectivity index is 1.58. The van der Waals surface area contributed by atoms with Crippen LogP contribution in [0.2, 0.25) is 0 Å². The average molecular weight is 481 g/mol. The smallest absolute Gasteiger partial charge is 0.286 e. The lowest BCUT2D eigenvalue weighted by atomic mass is 10.1. The lowest BCUT2D eigenvalue weighted by Gasteiger charge is -2.17. The Labute approximate surface area is 202 Å². The molecular weight excluding hydrogens is 456 g/mol. The fraction of sp³-hybridized carbons (Fsp3) is 0.292. The van der Waals surface area contributed by atoms with Crippen LogP contribution >= 0.6 is 24.0 Å². The number of pyridine rings is 1. The second kappa shape index (κ2) is 10.3. The Hall–Kier alpha value is -3.04. The highest BCUT2D eigenvalue weighted by Crippen LogP contribution is 2.44. The molecule has 0 spiro atoms. The molecule has 0 bridgehead atoms. The summed E-state index contributed by atoms with van der Waals surface area (Å²) >= 11 is 6.38. The van der Waals surface area contributed by atoms with E-state index in [4.69, 9.17) is 12.2 Å². The average Bonchev–Trinajstić information content (AvgIpc) is 3.26. The van der Waals surface area contributed by atoms with Crippen LogP contribution in [0, 0.1) is 0 Å². The zero-order valence-corrected chi connectivity index (χ0v) is 19.9. The second-order valence-electron chi connectivity index (χ2n) is 7.78. The molecule has 1 aromatic carbocycles. The molecule has 2 aliphatic rings. The van der Waals surface area contributed by atoms with Gasteiger partial charge in [-0.3, -0.25) is 24.8 Å². The molecule has 170 valence electrons. The molecule has 1 saturated heterocycles. The van der Waals surface area contributed by atoms with Gasteiger partial charge in [-0.1, -0.05) is 62.6 Å².